The first kappa shape index (κ1) is 22.4. The molecule has 11 heteroatoms. The van der Waals surface area contributed by atoms with Gasteiger partial charge in [0.25, 0.3) is 5.91 Å². The molecule has 1 aliphatic rings. The van der Waals surface area contributed by atoms with Crippen LogP contribution in [0.3, 0.4) is 0 Å². The second kappa shape index (κ2) is 9.84. The number of methoxy groups -OCH3 is 2. The molecule has 0 bridgehead atoms. The topological polar surface area (TPSA) is 108 Å². The number of hydrogen-bond donors (Lipinski definition) is 0. The fraction of sp³-hybridized carbons (Fsp3) is 0.292. The maximum Gasteiger partial charge on any atom is 0.260 e. The van der Waals surface area contributed by atoms with Crippen molar-refractivity contribution in [1.29, 1.82) is 0 Å². The van der Waals surface area contributed by atoms with Gasteiger partial charge in [-0.2, -0.15) is 4.68 Å². The molecule has 0 radical (unpaired) electrons. The molecule has 1 saturated heterocycles. The van der Waals surface area contributed by atoms with Crippen LogP contribution in [0.15, 0.2) is 54.9 Å². The van der Waals surface area contributed by atoms with Gasteiger partial charge in [0, 0.05) is 32.2 Å². The number of carbonyl (C=O) groups is 1. The number of rotatable bonds is 7. The quantitative estimate of drug-likeness (QED) is 0.396. The average molecular weight is 476 g/mol. The van der Waals surface area contributed by atoms with Crippen molar-refractivity contribution >= 4 is 22.9 Å². The Morgan fingerprint density at radius 1 is 0.914 bits per heavy atom. The first-order valence-corrected chi connectivity index (χ1v) is 11.2. The van der Waals surface area contributed by atoms with Crippen molar-refractivity contribution in [3.8, 4) is 22.9 Å². The standard InChI is InChI=1S/C24H25N7O4/c1-33-18-6-8-19(9-7-18)35-15-21(32)29-10-12-30(13-11-29)23-22-24(26-16-25-23)31(28-27-22)17-4-3-5-20(14-17)34-2/h3-9,14,16H,10-13,15H2,1-2H3. The Bertz CT molecular complexity index is 1320. The van der Waals surface area contributed by atoms with E-state index in [2.05, 4.69) is 25.2 Å². The van der Waals surface area contributed by atoms with Crippen LogP contribution in [0.2, 0.25) is 0 Å². The predicted molar refractivity (Wildman–Crippen MR) is 128 cm³/mol. The Hall–Kier alpha value is -4.41. The van der Waals surface area contributed by atoms with Crippen LogP contribution in [0.1, 0.15) is 0 Å². The van der Waals surface area contributed by atoms with Crippen molar-refractivity contribution < 1.29 is 19.0 Å². The molecule has 1 amide bonds. The van der Waals surface area contributed by atoms with Gasteiger partial charge in [-0.1, -0.05) is 11.3 Å². The molecule has 4 aromatic rings. The van der Waals surface area contributed by atoms with E-state index in [1.54, 1.807) is 48.1 Å². The summed E-state index contributed by atoms with van der Waals surface area (Å²) in [5.41, 5.74) is 2.01. The SMILES string of the molecule is COc1ccc(OCC(=O)N2CCN(c3ncnc4c3nnn4-c3cccc(OC)c3)CC2)cc1. The average Bonchev–Trinajstić information content (AvgIpc) is 3.36. The van der Waals surface area contributed by atoms with Gasteiger partial charge in [-0.25, -0.2) is 9.97 Å². The first-order chi connectivity index (χ1) is 17.2. The summed E-state index contributed by atoms with van der Waals surface area (Å²) in [7, 11) is 3.22. The summed E-state index contributed by atoms with van der Waals surface area (Å²) in [6.07, 6.45) is 1.51. The third kappa shape index (κ3) is 4.65. The van der Waals surface area contributed by atoms with E-state index in [1.807, 2.05) is 24.3 Å². The van der Waals surface area contributed by atoms with Crippen molar-refractivity contribution in [3.05, 3.63) is 54.9 Å². The third-order valence-electron chi connectivity index (χ3n) is 5.87. The van der Waals surface area contributed by atoms with E-state index in [-0.39, 0.29) is 12.5 Å². The normalized spacial score (nSPS) is 13.7. The summed E-state index contributed by atoms with van der Waals surface area (Å²) in [5.74, 6) is 2.72. The lowest BCUT2D eigenvalue weighted by atomic mass is 10.3. The molecule has 180 valence electrons. The first-order valence-electron chi connectivity index (χ1n) is 11.2. The number of aromatic nitrogens is 5. The second-order valence-corrected chi connectivity index (χ2v) is 7.90. The summed E-state index contributed by atoms with van der Waals surface area (Å²) in [6, 6.07) is 14.7. The van der Waals surface area contributed by atoms with Crippen LogP contribution < -0.4 is 19.1 Å². The van der Waals surface area contributed by atoms with Crippen LogP contribution in [0.5, 0.6) is 17.2 Å². The zero-order valence-electron chi connectivity index (χ0n) is 19.5. The number of anilines is 1. The summed E-state index contributed by atoms with van der Waals surface area (Å²) in [6.45, 7) is 2.33. The summed E-state index contributed by atoms with van der Waals surface area (Å²) < 4.78 is 17.8. The van der Waals surface area contributed by atoms with Gasteiger partial charge in [-0.05, 0) is 36.4 Å². The smallest absolute Gasteiger partial charge is 0.260 e. The Balaban J connectivity index is 1.24. The van der Waals surface area contributed by atoms with Crippen molar-refractivity contribution in [3.63, 3.8) is 0 Å². The number of ether oxygens (including phenoxy) is 3. The van der Waals surface area contributed by atoms with E-state index in [9.17, 15) is 4.79 Å². The molecule has 0 saturated carbocycles. The van der Waals surface area contributed by atoms with E-state index < -0.39 is 0 Å². The van der Waals surface area contributed by atoms with Gasteiger partial charge in [-0.3, -0.25) is 4.79 Å². The molecule has 1 fully saturated rings. The molecule has 0 aliphatic carbocycles. The van der Waals surface area contributed by atoms with Gasteiger partial charge in [0.15, 0.2) is 23.6 Å². The second-order valence-electron chi connectivity index (χ2n) is 7.90. The van der Waals surface area contributed by atoms with Crippen molar-refractivity contribution in [2.45, 2.75) is 0 Å². The molecule has 2 aromatic carbocycles. The van der Waals surface area contributed by atoms with Crippen LogP contribution in [-0.4, -0.2) is 82.8 Å². The zero-order valence-corrected chi connectivity index (χ0v) is 19.5. The molecule has 35 heavy (non-hydrogen) atoms. The van der Waals surface area contributed by atoms with Gasteiger partial charge in [-0.15, -0.1) is 5.10 Å². The molecule has 0 unspecified atom stereocenters. The van der Waals surface area contributed by atoms with Crippen molar-refractivity contribution in [2.24, 2.45) is 0 Å². The Labute approximate surface area is 201 Å². The number of amides is 1. The molecule has 5 rings (SSSR count). The minimum atomic E-state index is -0.0581. The minimum absolute atomic E-state index is 0.0149. The molecule has 2 aromatic heterocycles. The van der Waals surface area contributed by atoms with Gasteiger partial charge >= 0.3 is 0 Å². The minimum Gasteiger partial charge on any atom is -0.497 e. The number of fused-ring (bicyclic) bond motifs is 1. The van der Waals surface area contributed by atoms with Crippen LogP contribution in [0.4, 0.5) is 5.82 Å². The Kier molecular flexibility index (Phi) is 6.29. The largest absolute Gasteiger partial charge is 0.497 e. The maximum atomic E-state index is 12.7. The van der Waals surface area contributed by atoms with Gasteiger partial charge in [0.05, 0.1) is 19.9 Å². The molecule has 0 spiro atoms. The number of benzene rings is 2. The highest BCUT2D eigenvalue weighted by molar-refractivity contribution is 5.84. The van der Waals surface area contributed by atoms with Crippen LogP contribution in [-0.2, 0) is 4.79 Å². The van der Waals surface area contributed by atoms with Crippen molar-refractivity contribution in [2.75, 3.05) is 51.9 Å². The fourth-order valence-electron chi connectivity index (χ4n) is 3.96. The predicted octanol–water partition coefficient (Wildman–Crippen LogP) is 1.96. The number of nitrogens with zero attached hydrogens (tertiary/aromatic N) is 7. The van der Waals surface area contributed by atoms with E-state index in [1.165, 1.54) is 6.33 Å². The molecular weight excluding hydrogens is 450 g/mol. The van der Waals surface area contributed by atoms with E-state index in [0.29, 0.717) is 48.9 Å². The molecule has 3 heterocycles. The van der Waals surface area contributed by atoms with Gasteiger partial charge in [0.1, 0.15) is 23.6 Å². The summed E-state index contributed by atoms with van der Waals surface area (Å²) in [5, 5.41) is 8.65. The van der Waals surface area contributed by atoms with E-state index in [4.69, 9.17) is 14.2 Å². The molecular formula is C24H25N7O4. The Morgan fingerprint density at radius 3 is 2.40 bits per heavy atom. The lowest BCUT2D eigenvalue weighted by Crippen LogP contribution is -2.50. The molecule has 11 nitrogen and oxygen atoms in total. The molecule has 1 aliphatic heterocycles. The maximum absolute atomic E-state index is 12.7. The number of carbonyl (C=O) groups excluding carboxylic acids is 1. The number of piperazine rings is 1. The van der Waals surface area contributed by atoms with Crippen LogP contribution in [0.25, 0.3) is 16.9 Å². The zero-order chi connectivity index (χ0) is 24.2. The fourth-order valence-corrected chi connectivity index (χ4v) is 3.96. The van der Waals surface area contributed by atoms with E-state index in [0.717, 1.165) is 17.2 Å². The van der Waals surface area contributed by atoms with Gasteiger partial charge < -0.3 is 24.0 Å². The number of hydrogen-bond acceptors (Lipinski definition) is 9. The summed E-state index contributed by atoms with van der Waals surface area (Å²) in [4.78, 5) is 25.4. The lowest BCUT2D eigenvalue weighted by molar-refractivity contribution is -0.133. The highest BCUT2D eigenvalue weighted by Gasteiger charge is 2.25. The van der Waals surface area contributed by atoms with Crippen LogP contribution in [0, 0.1) is 0 Å². The monoisotopic (exact) mass is 475 g/mol. The Morgan fingerprint density at radius 2 is 1.66 bits per heavy atom. The highest BCUT2D eigenvalue weighted by Crippen LogP contribution is 2.25. The van der Waals surface area contributed by atoms with Crippen molar-refractivity contribution in [1.82, 2.24) is 29.9 Å². The molecule has 0 atom stereocenters. The molecule has 0 N–H and O–H groups in total. The highest BCUT2D eigenvalue weighted by atomic mass is 16.5. The van der Waals surface area contributed by atoms with E-state index >= 15 is 0 Å². The summed E-state index contributed by atoms with van der Waals surface area (Å²) >= 11 is 0. The third-order valence-corrected chi connectivity index (χ3v) is 5.87. The lowest BCUT2D eigenvalue weighted by Gasteiger charge is -2.35. The van der Waals surface area contributed by atoms with Crippen LogP contribution >= 0.6 is 0 Å². The van der Waals surface area contributed by atoms with Gasteiger partial charge in [0.2, 0.25) is 0 Å².